The highest BCUT2D eigenvalue weighted by molar-refractivity contribution is 6.30. The van der Waals surface area contributed by atoms with Gasteiger partial charge < -0.3 is 9.64 Å². The highest BCUT2D eigenvalue weighted by Gasteiger charge is 2.34. The third-order valence-corrected chi connectivity index (χ3v) is 8.28. The van der Waals surface area contributed by atoms with Gasteiger partial charge in [-0.05, 0) is 78.5 Å². The number of unbranched alkanes of at least 4 members (excludes halogenated alkanes) is 1. The van der Waals surface area contributed by atoms with Crippen LogP contribution in [-0.2, 0) is 6.42 Å². The van der Waals surface area contributed by atoms with Gasteiger partial charge in [-0.3, -0.25) is 4.79 Å². The summed E-state index contributed by atoms with van der Waals surface area (Å²) in [7, 11) is 0. The van der Waals surface area contributed by atoms with Gasteiger partial charge in [0.15, 0.2) is 0 Å². The normalized spacial score (nSPS) is 21.7. The fourth-order valence-corrected chi connectivity index (χ4v) is 6.10. The molecule has 35 heavy (non-hydrogen) atoms. The number of halogens is 1. The Labute approximate surface area is 217 Å². The van der Waals surface area contributed by atoms with Gasteiger partial charge >= 0.3 is 0 Å². The van der Waals surface area contributed by atoms with Crippen LogP contribution in [0.15, 0.2) is 36.4 Å². The van der Waals surface area contributed by atoms with Gasteiger partial charge in [-0.25, -0.2) is 0 Å². The van der Waals surface area contributed by atoms with Crippen molar-refractivity contribution in [3.63, 3.8) is 0 Å². The Balaban J connectivity index is 1.54. The lowest BCUT2D eigenvalue weighted by Crippen LogP contribution is -2.40. The number of fused-ring (bicyclic) bond motifs is 1. The molecular weight excluding hydrogens is 454 g/mol. The second kappa shape index (κ2) is 12.3. The molecule has 0 spiro atoms. The third-order valence-electron chi connectivity index (χ3n) is 8.04. The van der Waals surface area contributed by atoms with Crippen LogP contribution in [0.1, 0.15) is 93.1 Å². The number of hydrogen-bond donors (Lipinski definition) is 0. The van der Waals surface area contributed by atoms with Gasteiger partial charge in [0.05, 0.1) is 12.3 Å². The number of carbonyl (C=O) groups excluding carboxylic acids is 1. The second-order valence-electron chi connectivity index (χ2n) is 11.1. The number of hydrogen-bond acceptors (Lipinski definition) is 3. The van der Waals surface area contributed by atoms with E-state index in [1.54, 1.807) is 0 Å². The third kappa shape index (κ3) is 6.61. The molecule has 4 rings (SSSR count). The first-order chi connectivity index (χ1) is 17.0. The number of ether oxygens (including phenoxy) is 1. The van der Waals surface area contributed by atoms with Crippen LogP contribution in [0.3, 0.4) is 0 Å². The molecule has 4 heteroatoms. The molecule has 1 aliphatic carbocycles. The van der Waals surface area contributed by atoms with E-state index in [1.807, 2.05) is 24.3 Å². The quantitative estimate of drug-likeness (QED) is 0.232. The zero-order chi connectivity index (χ0) is 24.8. The Morgan fingerprint density at radius 1 is 1.11 bits per heavy atom. The Morgan fingerprint density at radius 3 is 2.66 bits per heavy atom. The van der Waals surface area contributed by atoms with Crippen molar-refractivity contribution in [1.29, 1.82) is 0 Å². The van der Waals surface area contributed by atoms with E-state index in [0.717, 1.165) is 66.4 Å². The summed E-state index contributed by atoms with van der Waals surface area (Å²) in [6.45, 7) is 9.45. The van der Waals surface area contributed by atoms with Gasteiger partial charge in [-0.1, -0.05) is 70.5 Å². The van der Waals surface area contributed by atoms with Gasteiger partial charge in [0.1, 0.15) is 12.0 Å². The van der Waals surface area contributed by atoms with Crippen molar-refractivity contribution in [1.82, 2.24) is 0 Å². The minimum atomic E-state index is 0.269. The Hall–Kier alpha value is -2.00. The smallest absolute Gasteiger partial charge is 0.150 e. The molecule has 2 aliphatic rings. The van der Waals surface area contributed by atoms with Gasteiger partial charge in [0.2, 0.25) is 0 Å². The van der Waals surface area contributed by atoms with Crippen LogP contribution >= 0.6 is 11.6 Å². The number of rotatable bonds is 11. The summed E-state index contributed by atoms with van der Waals surface area (Å²) >= 11 is 6.36. The summed E-state index contributed by atoms with van der Waals surface area (Å²) < 4.78 is 6.38. The molecule has 2 aromatic rings. The average Bonchev–Trinajstić information content (AvgIpc) is 3.01. The van der Waals surface area contributed by atoms with E-state index in [9.17, 15) is 4.79 Å². The fraction of sp³-hybridized carbons (Fsp3) is 0.581. The standard InChI is InChI=1S/C31H42ClNO2/c1-4-7-25-17-28(32)13-14-29(25)27-19-33(30-16-23(20-34)10-15-31(30)35-21-27)18-26-12-11-24(26)9-6-5-8-22(2)3/h10,13-17,20,22,24,26-27H,4-9,11-12,18-19,21H2,1-3H3. The molecule has 2 aromatic carbocycles. The van der Waals surface area contributed by atoms with Crippen LogP contribution < -0.4 is 9.64 Å². The highest BCUT2D eigenvalue weighted by atomic mass is 35.5. The molecular formula is C31H42ClNO2. The molecule has 1 aliphatic heterocycles. The maximum Gasteiger partial charge on any atom is 0.150 e. The average molecular weight is 496 g/mol. The van der Waals surface area contributed by atoms with Gasteiger partial charge in [-0.2, -0.15) is 0 Å². The SMILES string of the molecule is CCCc1cc(Cl)ccc1C1COc2ccc(C=O)cc2N(CC2CCC2CCCCC(C)C)C1. The zero-order valence-corrected chi connectivity index (χ0v) is 22.5. The number of aryl methyl sites for hydroxylation is 1. The number of benzene rings is 2. The Bertz CT molecular complexity index is 988. The van der Waals surface area contributed by atoms with Crippen molar-refractivity contribution in [3.8, 4) is 5.75 Å². The first-order valence-electron chi connectivity index (χ1n) is 13.7. The van der Waals surface area contributed by atoms with Gasteiger partial charge in [0, 0.05) is 29.6 Å². The van der Waals surface area contributed by atoms with E-state index in [1.165, 1.54) is 49.7 Å². The van der Waals surface area contributed by atoms with Gasteiger partial charge in [0.25, 0.3) is 0 Å². The molecule has 0 amide bonds. The van der Waals surface area contributed by atoms with Crippen molar-refractivity contribution < 1.29 is 9.53 Å². The topological polar surface area (TPSA) is 29.5 Å². The molecule has 0 N–H and O–H groups in total. The number of anilines is 1. The Kier molecular flexibility index (Phi) is 9.16. The minimum Gasteiger partial charge on any atom is -0.491 e. The zero-order valence-electron chi connectivity index (χ0n) is 21.8. The van der Waals surface area contributed by atoms with Gasteiger partial charge in [-0.15, -0.1) is 0 Å². The maximum absolute atomic E-state index is 11.6. The van der Waals surface area contributed by atoms with Crippen LogP contribution in [0.4, 0.5) is 5.69 Å². The van der Waals surface area contributed by atoms with Crippen LogP contribution in [-0.4, -0.2) is 26.0 Å². The van der Waals surface area contributed by atoms with Crippen molar-refractivity contribution in [2.45, 2.75) is 78.1 Å². The molecule has 1 fully saturated rings. The van der Waals surface area contributed by atoms with Crippen LogP contribution in [0, 0.1) is 17.8 Å². The predicted molar refractivity (Wildman–Crippen MR) is 147 cm³/mol. The lowest BCUT2D eigenvalue weighted by atomic mass is 9.70. The van der Waals surface area contributed by atoms with E-state index in [-0.39, 0.29) is 5.92 Å². The first-order valence-corrected chi connectivity index (χ1v) is 14.1. The Morgan fingerprint density at radius 2 is 1.94 bits per heavy atom. The molecule has 0 radical (unpaired) electrons. The molecule has 3 atom stereocenters. The summed E-state index contributed by atoms with van der Waals surface area (Å²) in [4.78, 5) is 14.1. The number of nitrogens with zero attached hydrogens (tertiary/aromatic N) is 1. The van der Waals surface area contributed by atoms with Crippen molar-refractivity contribution in [3.05, 3.63) is 58.1 Å². The summed E-state index contributed by atoms with van der Waals surface area (Å²) in [6.07, 6.45) is 11.1. The molecule has 3 unspecified atom stereocenters. The van der Waals surface area contributed by atoms with Crippen molar-refractivity contribution in [2.24, 2.45) is 17.8 Å². The summed E-state index contributed by atoms with van der Waals surface area (Å²) in [5.74, 6) is 3.52. The maximum atomic E-state index is 11.6. The summed E-state index contributed by atoms with van der Waals surface area (Å²) in [5, 5.41) is 0.803. The molecule has 1 saturated carbocycles. The molecule has 0 aromatic heterocycles. The lowest BCUT2D eigenvalue weighted by Gasteiger charge is -2.41. The fourth-order valence-electron chi connectivity index (χ4n) is 5.90. The van der Waals surface area contributed by atoms with E-state index < -0.39 is 0 Å². The highest BCUT2D eigenvalue weighted by Crippen LogP contribution is 2.42. The van der Waals surface area contributed by atoms with E-state index in [2.05, 4.69) is 37.8 Å². The first kappa shape index (κ1) is 26.1. The van der Waals surface area contributed by atoms with Crippen LogP contribution in [0.2, 0.25) is 5.02 Å². The molecule has 0 saturated heterocycles. The van der Waals surface area contributed by atoms with Crippen molar-refractivity contribution in [2.75, 3.05) is 24.6 Å². The number of carbonyl (C=O) groups is 1. The van der Waals surface area contributed by atoms with E-state index in [4.69, 9.17) is 16.3 Å². The largest absolute Gasteiger partial charge is 0.491 e. The second-order valence-corrected chi connectivity index (χ2v) is 11.6. The molecule has 1 heterocycles. The summed E-state index contributed by atoms with van der Waals surface area (Å²) in [5.41, 5.74) is 4.48. The lowest BCUT2D eigenvalue weighted by molar-refractivity contribution is 0.112. The monoisotopic (exact) mass is 495 g/mol. The molecule has 190 valence electrons. The molecule has 3 nitrogen and oxygen atoms in total. The predicted octanol–water partition coefficient (Wildman–Crippen LogP) is 8.33. The van der Waals surface area contributed by atoms with Crippen LogP contribution in [0.25, 0.3) is 0 Å². The van der Waals surface area contributed by atoms with Crippen LogP contribution in [0.5, 0.6) is 5.75 Å². The minimum absolute atomic E-state index is 0.269. The summed E-state index contributed by atoms with van der Waals surface area (Å²) in [6, 6.07) is 12.2. The van der Waals surface area contributed by atoms with E-state index >= 15 is 0 Å². The molecule has 0 bridgehead atoms. The van der Waals surface area contributed by atoms with E-state index in [0.29, 0.717) is 12.2 Å². The number of aldehydes is 1. The van der Waals surface area contributed by atoms with Crippen molar-refractivity contribution >= 4 is 23.6 Å².